The fourth-order valence-electron chi connectivity index (χ4n) is 2.42. The smallest absolute Gasteiger partial charge is 0.127 e. The van der Waals surface area contributed by atoms with E-state index in [4.69, 9.17) is 0 Å². The molecule has 0 bridgehead atoms. The van der Waals surface area contributed by atoms with Crippen LogP contribution in [-0.2, 0) is 11.2 Å². The van der Waals surface area contributed by atoms with Crippen LogP contribution in [0.15, 0.2) is 48.5 Å². The van der Waals surface area contributed by atoms with Crippen LogP contribution < -0.4 is 4.90 Å². The van der Waals surface area contributed by atoms with Crippen LogP contribution in [0.2, 0.25) is 0 Å². The lowest BCUT2D eigenvalue weighted by molar-refractivity contribution is -0.109. The molecule has 0 aromatic heterocycles. The van der Waals surface area contributed by atoms with Crippen molar-refractivity contribution in [1.29, 1.82) is 0 Å². The highest BCUT2D eigenvalue weighted by atomic mass is 16.1. The maximum Gasteiger partial charge on any atom is 0.127 e. The van der Waals surface area contributed by atoms with Gasteiger partial charge in [-0.1, -0.05) is 36.4 Å². The number of nitrogens with zero attached hydrogens (tertiary/aromatic N) is 1. The van der Waals surface area contributed by atoms with Gasteiger partial charge >= 0.3 is 0 Å². The van der Waals surface area contributed by atoms with Gasteiger partial charge in [0.25, 0.3) is 0 Å². The first kappa shape index (κ1) is 14.3. The van der Waals surface area contributed by atoms with Crippen molar-refractivity contribution in [3.8, 4) is 0 Å². The fraction of sp³-hybridized carbons (Fsp3) is 0.278. The van der Waals surface area contributed by atoms with E-state index >= 15 is 0 Å². The Bertz CT molecular complexity index is 572. The van der Waals surface area contributed by atoms with Gasteiger partial charge in [0.05, 0.1) is 0 Å². The maximum atomic E-state index is 11.4. The van der Waals surface area contributed by atoms with Crippen LogP contribution in [0, 0.1) is 6.92 Å². The molecule has 0 aliphatic carbocycles. The Hall–Kier alpha value is -2.09. The van der Waals surface area contributed by atoms with E-state index in [0.29, 0.717) is 0 Å². The second-order valence-corrected chi connectivity index (χ2v) is 5.36. The second-order valence-electron chi connectivity index (χ2n) is 5.36. The van der Waals surface area contributed by atoms with Crippen molar-refractivity contribution in [2.24, 2.45) is 0 Å². The number of benzene rings is 2. The van der Waals surface area contributed by atoms with E-state index < -0.39 is 0 Å². The van der Waals surface area contributed by atoms with Crippen LogP contribution in [-0.4, -0.2) is 20.4 Å². The molecule has 1 unspecified atom stereocenters. The summed E-state index contributed by atoms with van der Waals surface area (Å²) < 4.78 is 0. The normalized spacial score (nSPS) is 11.9. The molecule has 0 aliphatic rings. The van der Waals surface area contributed by atoms with Crippen LogP contribution in [0.4, 0.5) is 5.69 Å². The highest BCUT2D eigenvalue weighted by Crippen LogP contribution is 2.23. The standard InChI is InChI=1S/C18H21NO/c1-14-6-4-5-7-18(14)16(13-20)12-15-8-10-17(11-9-15)19(2)3/h4-11,13,16H,12H2,1-3H3. The Morgan fingerprint density at radius 3 is 2.25 bits per heavy atom. The molecule has 0 fully saturated rings. The molecule has 2 aromatic carbocycles. The zero-order chi connectivity index (χ0) is 14.5. The molecule has 20 heavy (non-hydrogen) atoms. The summed E-state index contributed by atoms with van der Waals surface area (Å²) in [4.78, 5) is 13.5. The van der Waals surface area contributed by atoms with Crippen molar-refractivity contribution >= 4 is 12.0 Å². The molecule has 2 aromatic rings. The van der Waals surface area contributed by atoms with Gasteiger partial charge in [0.15, 0.2) is 0 Å². The SMILES string of the molecule is Cc1ccccc1C(C=O)Cc1ccc(N(C)C)cc1. The number of carbonyl (C=O) groups excluding carboxylic acids is 1. The summed E-state index contributed by atoms with van der Waals surface area (Å²) in [5.74, 6) is -0.0681. The number of carbonyl (C=O) groups is 1. The first-order chi connectivity index (χ1) is 9.61. The quantitative estimate of drug-likeness (QED) is 0.772. The zero-order valence-electron chi connectivity index (χ0n) is 12.3. The van der Waals surface area contributed by atoms with Crippen molar-refractivity contribution < 1.29 is 4.79 Å². The number of hydrogen-bond acceptors (Lipinski definition) is 2. The van der Waals surface area contributed by atoms with E-state index in [1.807, 2.05) is 32.3 Å². The fourth-order valence-corrected chi connectivity index (χ4v) is 2.42. The highest BCUT2D eigenvalue weighted by Gasteiger charge is 2.13. The van der Waals surface area contributed by atoms with Gasteiger partial charge in [-0.25, -0.2) is 0 Å². The number of aldehydes is 1. The summed E-state index contributed by atoms with van der Waals surface area (Å²) in [6.45, 7) is 2.06. The van der Waals surface area contributed by atoms with Gasteiger partial charge in [0, 0.05) is 25.7 Å². The van der Waals surface area contributed by atoms with E-state index in [9.17, 15) is 4.79 Å². The lowest BCUT2D eigenvalue weighted by Crippen LogP contribution is -2.09. The summed E-state index contributed by atoms with van der Waals surface area (Å²) in [7, 11) is 4.05. The van der Waals surface area contributed by atoms with Crippen molar-refractivity contribution in [2.75, 3.05) is 19.0 Å². The van der Waals surface area contributed by atoms with Crippen molar-refractivity contribution in [3.05, 3.63) is 65.2 Å². The maximum absolute atomic E-state index is 11.4. The van der Waals surface area contributed by atoms with Crippen molar-refractivity contribution in [2.45, 2.75) is 19.3 Å². The molecule has 0 radical (unpaired) electrons. The lowest BCUT2D eigenvalue weighted by atomic mass is 9.90. The van der Waals surface area contributed by atoms with Crippen LogP contribution in [0.25, 0.3) is 0 Å². The van der Waals surface area contributed by atoms with Crippen LogP contribution in [0.3, 0.4) is 0 Å². The van der Waals surface area contributed by atoms with E-state index in [2.05, 4.69) is 42.2 Å². The number of anilines is 1. The minimum atomic E-state index is -0.0681. The Morgan fingerprint density at radius 2 is 1.70 bits per heavy atom. The Morgan fingerprint density at radius 1 is 1.05 bits per heavy atom. The first-order valence-electron chi connectivity index (χ1n) is 6.89. The zero-order valence-corrected chi connectivity index (χ0v) is 12.3. The predicted octanol–water partition coefficient (Wildman–Crippen LogP) is 3.59. The monoisotopic (exact) mass is 267 g/mol. The van der Waals surface area contributed by atoms with Gasteiger partial charge in [-0.15, -0.1) is 0 Å². The first-order valence-corrected chi connectivity index (χ1v) is 6.89. The summed E-state index contributed by atoms with van der Waals surface area (Å²) in [6.07, 6.45) is 1.81. The third kappa shape index (κ3) is 3.27. The molecule has 2 rings (SSSR count). The predicted molar refractivity (Wildman–Crippen MR) is 84.5 cm³/mol. The van der Waals surface area contributed by atoms with Gasteiger partial charge in [0.2, 0.25) is 0 Å². The van der Waals surface area contributed by atoms with E-state index in [1.165, 1.54) is 16.8 Å². The summed E-state index contributed by atoms with van der Waals surface area (Å²) in [5.41, 5.74) is 4.66. The van der Waals surface area contributed by atoms with Crippen molar-refractivity contribution in [3.63, 3.8) is 0 Å². The summed E-state index contributed by atoms with van der Waals surface area (Å²) in [5, 5.41) is 0. The highest BCUT2D eigenvalue weighted by molar-refractivity contribution is 5.64. The number of rotatable bonds is 5. The molecule has 0 heterocycles. The molecule has 0 saturated heterocycles. The van der Waals surface area contributed by atoms with E-state index in [0.717, 1.165) is 18.3 Å². The molecular formula is C18H21NO. The van der Waals surface area contributed by atoms with Crippen LogP contribution in [0.1, 0.15) is 22.6 Å². The Kier molecular flexibility index (Phi) is 4.57. The molecule has 104 valence electrons. The third-order valence-corrected chi connectivity index (χ3v) is 3.66. The summed E-state index contributed by atoms with van der Waals surface area (Å²) >= 11 is 0. The van der Waals surface area contributed by atoms with Gasteiger partial charge in [0.1, 0.15) is 6.29 Å². The van der Waals surface area contributed by atoms with Gasteiger partial charge in [-0.05, 0) is 42.2 Å². The Labute approximate surface area is 121 Å². The van der Waals surface area contributed by atoms with Crippen LogP contribution >= 0.6 is 0 Å². The molecule has 0 spiro atoms. The third-order valence-electron chi connectivity index (χ3n) is 3.66. The van der Waals surface area contributed by atoms with Crippen LogP contribution in [0.5, 0.6) is 0 Å². The average Bonchev–Trinajstić information content (AvgIpc) is 2.46. The van der Waals surface area contributed by atoms with Gasteiger partial charge < -0.3 is 9.69 Å². The average molecular weight is 267 g/mol. The van der Waals surface area contributed by atoms with Gasteiger partial charge in [-0.2, -0.15) is 0 Å². The molecule has 0 saturated carbocycles. The largest absolute Gasteiger partial charge is 0.378 e. The lowest BCUT2D eigenvalue weighted by Gasteiger charge is -2.15. The topological polar surface area (TPSA) is 20.3 Å². The molecule has 2 nitrogen and oxygen atoms in total. The second kappa shape index (κ2) is 6.38. The molecule has 0 aliphatic heterocycles. The molecule has 0 N–H and O–H groups in total. The number of hydrogen-bond donors (Lipinski definition) is 0. The van der Waals surface area contributed by atoms with E-state index in [-0.39, 0.29) is 5.92 Å². The molecule has 0 amide bonds. The van der Waals surface area contributed by atoms with Gasteiger partial charge in [-0.3, -0.25) is 0 Å². The van der Waals surface area contributed by atoms with E-state index in [1.54, 1.807) is 0 Å². The number of aryl methyl sites for hydroxylation is 1. The molecule has 1 atom stereocenters. The minimum Gasteiger partial charge on any atom is -0.378 e. The minimum absolute atomic E-state index is 0.0681. The Balaban J connectivity index is 2.18. The summed E-state index contributed by atoms with van der Waals surface area (Å²) in [6, 6.07) is 16.5. The molecular weight excluding hydrogens is 246 g/mol. The molecule has 2 heteroatoms. The van der Waals surface area contributed by atoms with Crippen molar-refractivity contribution in [1.82, 2.24) is 0 Å².